The first-order valence-electron chi connectivity index (χ1n) is 6.83. The van der Waals surface area contributed by atoms with Crippen molar-refractivity contribution >= 4 is 0 Å². The number of piperidine rings is 1. The lowest BCUT2D eigenvalue weighted by Crippen LogP contribution is -2.39. The van der Waals surface area contributed by atoms with Gasteiger partial charge in [0, 0.05) is 13.1 Å². The molecule has 1 heterocycles. The van der Waals surface area contributed by atoms with Crippen LogP contribution >= 0.6 is 0 Å². The summed E-state index contributed by atoms with van der Waals surface area (Å²) in [5.41, 5.74) is -2.44. The maximum absolute atomic E-state index is 12.8. The Hall–Kier alpha value is -1.28. The Morgan fingerprint density at radius 3 is 1.77 bits per heavy atom. The second kappa shape index (κ2) is 6.08. The van der Waals surface area contributed by atoms with Gasteiger partial charge in [0.1, 0.15) is 0 Å². The summed E-state index contributed by atoms with van der Waals surface area (Å²) in [6.07, 6.45) is -8.07. The summed E-state index contributed by atoms with van der Waals surface area (Å²) in [7, 11) is 0. The van der Waals surface area contributed by atoms with Crippen LogP contribution in [0.25, 0.3) is 0 Å². The zero-order chi connectivity index (χ0) is 16.5. The van der Waals surface area contributed by atoms with Crippen molar-refractivity contribution in [2.75, 3.05) is 13.1 Å². The lowest BCUT2D eigenvalue weighted by molar-refractivity contribution is -0.143. The van der Waals surface area contributed by atoms with Crippen molar-refractivity contribution < 1.29 is 26.3 Å². The number of nitrogens with two attached hydrogens (primary N) is 1. The minimum absolute atomic E-state index is 0.0457. The number of rotatable bonds is 2. The van der Waals surface area contributed by atoms with Gasteiger partial charge in [0.05, 0.1) is 11.1 Å². The fourth-order valence-corrected chi connectivity index (χ4v) is 2.63. The van der Waals surface area contributed by atoms with Gasteiger partial charge in [0.15, 0.2) is 0 Å². The van der Waals surface area contributed by atoms with Crippen LogP contribution in [0.4, 0.5) is 26.3 Å². The zero-order valence-corrected chi connectivity index (χ0v) is 11.6. The molecule has 1 aromatic carbocycles. The van der Waals surface area contributed by atoms with E-state index in [0.29, 0.717) is 25.9 Å². The summed E-state index contributed by atoms with van der Waals surface area (Å²) in [4.78, 5) is 0. The molecule has 0 aliphatic carbocycles. The first-order chi connectivity index (χ1) is 10.1. The molecular weight excluding hydrogens is 310 g/mol. The highest BCUT2D eigenvalue weighted by atomic mass is 19.4. The molecule has 0 unspecified atom stereocenters. The number of hydrogen-bond donors (Lipinski definition) is 1. The van der Waals surface area contributed by atoms with Crippen LogP contribution in [0.15, 0.2) is 18.2 Å². The van der Waals surface area contributed by atoms with Crippen molar-refractivity contribution in [2.45, 2.75) is 31.6 Å². The normalized spacial score (nSPS) is 18.7. The Morgan fingerprint density at radius 2 is 1.36 bits per heavy atom. The topological polar surface area (TPSA) is 29.3 Å². The molecule has 124 valence electrons. The highest BCUT2D eigenvalue weighted by Crippen LogP contribution is 2.37. The van der Waals surface area contributed by atoms with Crippen molar-refractivity contribution in [3.05, 3.63) is 34.9 Å². The molecule has 1 saturated heterocycles. The van der Waals surface area contributed by atoms with E-state index >= 15 is 0 Å². The molecule has 1 aliphatic rings. The number of hydrazine groups is 1. The van der Waals surface area contributed by atoms with Crippen LogP contribution in [0, 0.1) is 5.92 Å². The van der Waals surface area contributed by atoms with Gasteiger partial charge in [-0.1, -0.05) is 0 Å². The first-order valence-corrected chi connectivity index (χ1v) is 6.83. The molecule has 1 aliphatic heterocycles. The van der Waals surface area contributed by atoms with Gasteiger partial charge >= 0.3 is 12.4 Å². The van der Waals surface area contributed by atoms with E-state index in [2.05, 4.69) is 0 Å². The molecule has 2 N–H and O–H groups in total. The Labute approximate surface area is 123 Å². The molecule has 8 heteroatoms. The van der Waals surface area contributed by atoms with E-state index < -0.39 is 23.5 Å². The van der Waals surface area contributed by atoms with Crippen LogP contribution < -0.4 is 5.84 Å². The quantitative estimate of drug-likeness (QED) is 0.661. The van der Waals surface area contributed by atoms with E-state index in [1.54, 1.807) is 5.01 Å². The van der Waals surface area contributed by atoms with E-state index in [1.807, 2.05) is 0 Å². The van der Waals surface area contributed by atoms with Gasteiger partial charge in [-0.05, 0) is 48.9 Å². The van der Waals surface area contributed by atoms with Gasteiger partial charge in [-0.3, -0.25) is 5.84 Å². The largest absolute Gasteiger partial charge is 0.416 e. The SMILES string of the molecule is NN1CCC(Cc2cc(C(F)(F)F)cc(C(F)(F)F)c2)CC1. The van der Waals surface area contributed by atoms with Crippen molar-refractivity contribution in [3.8, 4) is 0 Å². The molecule has 2 rings (SSSR count). The average molecular weight is 326 g/mol. The molecule has 0 aromatic heterocycles. The number of hydrogen-bond acceptors (Lipinski definition) is 2. The second-order valence-electron chi connectivity index (χ2n) is 5.60. The molecule has 0 saturated carbocycles. The molecule has 0 spiro atoms. The van der Waals surface area contributed by atoms with E-state index in [0.717, 1.165) is 12.1 Å². The van der Waals surface area contributed by atoms with E-state index in [-0.39, 0.29) is 24.0 Å². The predicted octanol–water partition coefficient (Wildman–Crippen LogP) is 3.85. The highest BCUT2D eigenvalue weighted by Gasteiger charge is 2.37. The van der Waals surface area contributed by atoms with Crippen molar-refractivity contribution in [2.24, 2.45) is 11.8 Å². The Balaban J connectivity index is 2.26. The second-order valence-corrected chi connectivity index (χ2v) is 5.60. The van der Waals surface area contributed by atoms with Crippen LogP contribution in [0.1, 0.15) is 29.5 Å². The summed E-state index contributed by atoms with van der Waals surface area (Å²) < 4.78 is 76.7. The number of nitrogens with zero attached hydrogens (tertiary/aromatic N) is 1. The lowest BCUT2D eigenvalue weighted by atomic mass is 9.89. The smallest absolute Gasteiger partial charge is 0.269 e. The van der Waals surface area contributed by atoms with Crippen molar-refractivity contribution in [1.29, 1.82) is 0 Å². The average Bonchev–Trinajstić information content (AvgIpc) is 2.39. The third kappa shape index (κ3) is 4.36. The Bertz CT molecular complexity index is 483. The molecule has 1 fully saturated rings. The van der Waals surface area contributed by atoms with E-state index in [9.17, 15) is 26.3 Å². The van der Waals surface area contributed by atoms with Crippen LogP contribution in [0.5, 0.6) is 0 Å². The highest BCUT2D eigenvalue weighted by molar-refractivity contribution is 5.34. The maximum atomic E-state index is 12.8. The number of halogens is 6. The van der Waals surface area contributed by atoms with Crippen molar-refractivity contribution in [1.82, 2.24) is 5.01 Å². The molecule has 2 nitrogen and oxygen atoms in total. The van der Waals surface area contributed by atoms with Gasteiger partial charge in [0.2, 0.25) is 0 Å². The standard InChI is InChI=1S/C14H16F6N2/c15-13(16,17)11-6-10(7-12(8-11)14(18,19)20)5-9-1-3-22(21)4-2-9/h6-9H,1-5,21H2. The summed E-state index contributed by atoms with van der Waals surface area (Å²) in [5.74, 6) is 5.63. The summed E-state index contributed by atoms with van der Waals surface area (Å²) in [5, 5.41) is 1.60. The van der Waals surface area contributed by atoms with Crippen LogP contribution in [0.3, 0.4) is 0 Å². The minimum atomic E-state index is -4.80. The third-order valence-electron chi connectivity index (χ3n) is 3.82. The molecule has 0 amide bonds. The third-order valence-corrected chi connectivity index (χ3v) is 3.82. The zero-order valence-electron chi connectivity index (χ0n) is 11.6. The van der Waals surface area contributed by atoms with Gasteiger partial charge < -0.3 is 0 Å². The van der Waals surface area contributed by atoms with Gasteiger partial charge in [-0.15, -0.1) is 0 Å². The van der Waals surface area contributed by atoms with E-state index in [4.69, 9.17) is 5.84 Å². The Kier molecular flexibility index (Phi) is 4.72. The van der Waals surface area contributed by atoms with Gasteiger partial charge in [-0.2, -0.15) is 26.3 Å². The fourth-order valence-electron chi connectivity index (χ4n) is 2.63. The number of alkyl halides is 6. The fraction of sp³-hybridized carbons (Fsp3) is 0.571. The summed E-state index contributed by atoms with van der Waals surface area (Å²) in [6, 6.07) is 1.78. The van der Waals surface area contributed by atoms with Gasteiger partial charge in [-0.25, -0.2) is 5.01 Å². The summed E-state index contributed by atoms with van der Waals surface area (Å²) >= 11 is 0. The van der Waals surface area contributed by atoms with Crippen LogP contribution in [-0.4, -0.2) is 18.1 Å². The molecule has 0 atom stereocenters. The predicted molar refractivity (Wildman–Crippen MR) is 68.6 cm³/mol. The maximum Gasteiger partial charge on any atom is 0.416 e. The monoisotopic (exact) mass is 326 g/mol. The van der Waals surface area contributed by atoms with E-state index in [1.165, 1.54) is 0 Å². The van der Waals surface area contributed by atoms with Crippen LogP contribution in [0.2, 0.25) is 0 Å². The first kappa shape index (κ1) is 17.1. The summed E-state index contributed by atoms with van der Waals surface area (Å²) in [6.45, 7) is 1.19. The number of benzene rings is 1. The van der Waals surface area contributed by atoms with Gasteiger partial charge in [0.25, 0.3) is 0 Å². The molecule has 0 bridgehead atoms. The molecular formula is C14H16F6N2. The van der Waals surface area contributed by atoms with Crippen LogP contribution in [-0.2, 0) is 18.8 Å². The molecule has 1 aromatic rings. The minimum Gasteiger partial charge on any atom is -0.269 e. The lowest BCUT2D eigenvalue weighted by Gasteiger charge is -2.28. The van der Waals surface area contributed by atoms with Crippen molar-refractivity contribution in [3.63, 3.8) is 0 Å². The molecule has 0 radical (unpaired) electrons. The molecule has 22 heavy (non-hydrogen) atoms. The Morgan fingerprint density at radius 1 is 0.909 bits per heavy atom.